The van der Waals surface area contributed by atoms with E-state index in [0.717, 1.165) is 6.07 Å². The molecule has 0 spiro atoms. The highest BCUT2D eigenvalue weighted by Crippen LogP contribution is 2.26. The second kappa shape index (κ2) is 8.70. The summed E-state index contributed by atoms with van der Waals surface area (Å²) < 4.78 is 56.9. The van der Waals surface area contributed by atoms with Crippen molar-refractivity contribution >= 4 is 10.0 Å². The second-order valence-electron chi connectivity index (χ2n) is 6.13. The zero-order valence-corrected chi connectivity index (χ0v) is 16.5. The molecule has 2 aromatic rings. The minimum Gasteiger partial charge on any atom is -0.491 e. The number of benzene rings is 1. The van der Waals surface area contributed by atoms with Gasteiger partial charge in [0.15, 0.2) is 11.6 Å². The van der Waals surface area contributed by atoms with Crippen LogP contribution in [-0.4, -0.2) is 55.6 Å². The first-order valence-electron chi connectivity index (χ1n) is 8.90. The van der Waals surface area contributed by atoms with Crippen LogP contribution in [0, 0.1) is 5.82 Å². The fourth-order valence-corrected chi connectivity index (χ4v) is 4.40. The van der Waals surface area contributed by atoms with Crippen LogP contribution in [0.1, 0.15) is 19.8 Å². The lowest BCUT2D eigenvalue weighted by Crippen LogP contribution is -2.41. The highest BCUT2D eigenvalue weighted by molar-refractivity contribution is 7.89. The van der Waals surface area contributed by atoms with Crippen LogP contribution in [0.3, 0.4) is 0 Å². The summed E-state index contributed by atoms with van der Waals surface area (Å²) in [6.07, 6.45) is 2.33. The first-order chi connectivity index (χ1) is 13.4. The fourth-order valence-electron chi connectivity index (χ4n) is 2.91. The van der Waals surface area contributed by atoms with Gasteiger partial charge in [0.2, 0.25) is 15.9 Å². The third-order valence-corrected chi connectivity index (χ3v) is 6.21. The molecule has 0 N–H and O–H groups in total. The molecule has 152 valence electrons. The Morgan fingerprint density at radius 3 is 2.64 bits per heavy atom. The number of hydrogen-bond acceptors (Lipinski definition) is 7. The van der Waals surface area contributed by atoms with E-state index in [-0.39, 0.29) is 35.8 Å². The lowest BCUT2D eigenvalue weighted by atomic mass is 10.1. The van der Waals surface area contributed by atoms with Gasteiger partial charge in [-0.15, -0.1) is 0 Å². The summed E-state index contributed by atoms with van der Waals surface area (Å²) in [5.41, 5.74) is 0. The summed E-state index contributed by atoms with van der Waals surface area (Å²) in [5, 5.41) is 0. The Kier molecular flexibility index (Phi) is 6.30. The third kappa shape index (κ3) is 4.50. The Balaban J connectivity index is 1.64. The van der Waals surface area contributed by atoms with Gasteiger partial charge in [-0.2, -0.15) is 9.29 Å². The number of hydrogen-bond donors (Lipinski definition) is 0. The van der Waals surface area contributed by atoms with Crippen LogP contribution >= 0.6 is 0 Å². The lowest BCUT2D eigenvalue weighted by molar-refractivity contribution is 0.128. The Hall–Kier alpha value is -2.46. The van der Waals surface area contributed by atoms with Gasteiger partial charge in [0.1, 0.15) is 6.10 Å². The molecule has 1 aliphatic rings. The number of methoxy groups -OCH3 is 1. The first kappa shape index (κ1) is 20.3. The standard InChI is InChI=1S/C18H22FN3O5S/c1-3-26-16-5-4-14(12-15(16)19)28(23,24)22-10-7-13(8-11-22)27-17-6-9-20-18(21-17)25-2/h4-6,9,12-13H,3,7-8,10-11H2,1-2H3. The molecule has 1 fully saturated rings. The van der Waals surface area contributed by atoms with Gasteiger partial charge >= 0.3 is 6.01 Å². The van der Waals surface area contributed by atoms with E-state index in [9.17, 15) is 12.8 Å². The highest BCUT2D eigenvalue weighted by Gasteiger charge is 2.31. The van der Waals surface area contributed by atoms with E-state index >= 15 is 0 Å². The second-order valence-corrected chi connectivity index (χ2v) is 8.07. The molecule has 0 radical (unpaired) electrons. The molecular formula is C18H22FN3O5S. The molecule has 0 atom stereocenters. The lowest BCUT2D eigenvalue weighted by Gasteiger charge is -2.31. The van der Waals surface area contributed by atoms with Crippen LogP contribution in [0.2, 0.25) is 0 Å². The average Bonchev–Trinajstić information content (AvgIpc) is 2.70. The predicted molar refractivity (Wildman–Crippen MR) is 98.6 cm³/mol. The van der Waals surface area contributed by atoms with Crippen molar-refractivity contribution in [2.75, 3.05) is 26.8 Å². The first-order valence-corrected chi connectivity index (χ1v) is 10.3. The third-order valence-electron chi connectivity index (χ3n) is 4.32. The van der Waals surface area contributed by atoms with Gasteiger partial charge in [-0.25, -0.2) is 17.8 Å². The van der Waals surface area contributed by atoms with Crippen LogP contribution in [0.5, 0.6) is 17.6 Å². The molecule has 10 heteroatoms. The highest BCUT2D eigenvalue weighted by atomic mass is 32.2. The van der Waals surface area contributed by atoms with Crippen LogP contribution in [0.4, 0.5) is 4.39 Å². The number of aromatic nitrogens is 2. The molecule has 0 bridgehead atoms. The Morgan fingerprint density at radius 1 is 1.25 bits per heavy atom. The average molecular weight is 411 g/mol. The van der Waals surface area contributed by atoms with Crippen LogP contribution in [0.15, 0.2) is 35.4 Å². The van der Waals surface area contributed by atoms with E-state index in [1.807, 2.05) is 0 Å². The molecule has 3 rings (SSSR count). The molecule has 0 unspecified atom stereocenters. The summed E-state index contributed by atoms with van der Waals surface area (Å²) in [7, 11) is -2.32. The molecule has 8 nitrogen and oxygen atoms in total. The SMILES string of the molecule is CCOc1ccc(S(=O)(=O)N2CCC(Oc3ccnc(OC)n3)CC2)cc1F. The summed E-state index contributed by atoms with van der Waals surface area (Å²) in [5.74, 6) is -0.283. The van der Waals surface area contributed by atoms with E-state index in [2.05, 4.69) is 9.97 Å². The maximum atomic E-state index is 14.1. The van der Waals surface area contributed by atoms with Crippen molar-refractivity contribution in [3.8, 4) is 17.6 Å². The summed E-state index contributed by atoms with van der Waals surface area (Å²) >= 11 is 0. The van der Waals surface area contributed by atoms with Gasteiger partial charge in [-0.05, 0) is 38.0 Å². The monoisotopic (exact) mass is 411 g/mol. The van der Waals surface area contributed by atoms with Crippen molar-refractivity contribution in [3.63, 3.8) is 0 Å². The number of halogens is 1. The van der Waals surface area contributed by atoms with Gasteiger partial charge in [-0.1, -0.05) is 0 Å². The van der Waals surface area contributed by atoms with Crippen LogP contribution in [-0.2, 0) is 10.0 Å². The van der Waals surface area contributed by atoms with Crippen LogP contribution < -0.4 is 14.2 Å². The quantitative estimate of drug-likeness (QED) is 0.690. The van der Waals surface area contributed by atoms with Gasteiger partial charge in [-0.3, -0.25) is 0 Å². The van der Waals surface area contributed by atoms with E-state index in [4.69, 9.17) is 14.2 Å². The molecule has 1 aromatic carbocycles. The molecule has 0 amide bonds. The Morgan fingerprint density at radius 2 is 2.00 bits per heavy atom. The van der Waals surface area contributed by atoms with Gasteiger partial charge < -0.3 is 14.2 Å². The molecule has 0 saturated carbocycles. The molecule has 0 aliphatic carbocycles. The molecule has 28 heavy (non-hydrogen) atoms. The maximum Gasteiger partial charge on any atom is 0.319 e. The van der Waals surface area contributed by atoms with Gasteiger partial charge in [0.25, 0.3) is 0 Å². The topological polar surface area (TPSA) is 90.9 Å². The predicted octanol–water partition coefficient (Wildman–Crippen LogP) is 2.26. The molecule has 1 aliphatic heterocycles. The van der Waals surface area contributed by atoms with Crippen molar-refractivity contribution in [1.82, 2.24) is 14.3 Å². The van der Waals surface area contributed by atoms with Crippen molar-refractivity contribution in [2.45, 2.75) is 30.8 Å². The minimum atomic E-state index is -3.79. The van der Waals surface area contributed by atoms with Crippen LogP contribution in [0.25, 0.3) is 0 Å². The number of nitrogens with zero attached hydrogens (tertiary/aromatic N) is 3. The summed E-state index contributed by atoms with van der Waals surface area (Å²) in [6, 6.07) is 5.52. The molecule has 1 aromatic heterocycles. The van der Waals surface area contributed by atoms with Crippen molar-refractivity contribution in [1.29, 1.82) is 0 Å². The number of sulfonamides is 1. The van der Waals surface area contributed by atoms with Gasteiger partial charge in [0, 0.05) is 25.4 Å². The zero-order chi connectivity index (χ0) is 20.1. The Bertz CT molecular complexity index is 917. The van der Waals surface area contributed by atoms with Crippen molar-refractivity contribution in [2.24, 2.45) is 0 Å². The van der Waals surface area contributed by atoms with E-state index in [0.29, 0.717) is 25.3 Å². The van der Waals surface area contributed by atoms with E-state index in [1.54, 1.807) is 13.0 Å². The number of piperidine rings is 1. The van der Waals surface area contributed by atoms with E-state index in [1.165, 1.54) is 29.7 Å². The summed E-state index contributed by atoms with van der Waals surface area (Å²) in [4.78, 5) is 7.92. The number of rotatable bonds is 7. The normalized spacial score (nSPS) is 16.0. The fraction of sp³-hybridized carbons (Fsp3) is 0.444. The van der Waals surface area contributed by atoms with E-state index < -0.39 is 15.8 Å². The molecule has 1 saturated heterocycles. The smallest absolute Gasteiger partial charge is 0.319 e. The molecular weight excluding hydrogens is 389 g/mol. The number of ether oxygens (including phenoxy) is 3. The van der Waals surface area contributed by atoms with Crippen molar-refractivity contribution in [3.05, 3.63) is 36.3 Å². The molecule has 2 heterocycles. The van der Waals surface area contributed by atoms with Crippen molar-refractivity contribution < 1.29 is 27.0 Å². The Labute approximate surface area is 163 Å². The summed E-state index contributed by atoms with van der Waals surface area (Å²) in [6.45, 7) is 2.57. The largest absolute Gasteiger partial charge is 0.491 e. The zero-order valence-electron chi connectivity index (χ0n) is 15.7. The van der Waals surface area contributed by atoms with Gasteiger partial charge in [0.05, 0.1) is 18.6 Å². The maximum absolute atomic E-state index is 14.1. The minimum absolute atomic E-state index is 0.0360.